The van der Waals surface area contributed by atoms with E-state index in [1.165, 1.54) is 11.3 Å². The minimum Gasteiger partial charge on any atom is -0.294 e. The first-order chi connectivity index (χ1) is 7.25. The van der Waals surface area contributed by atoms with Crippen LogP contribution in [0.1, 0.15) is 21.1 Å². The third kappa shape index (κ3) is 2.47. The Kier molecular flexibility index (Phi) is 2.87. The molecule has 0 saturated carbocycles. The molecule has 0 fully saturated rings. The lowest BCUT2D eigenvalue weighted by molar-refractivity contribution is 0.0993. The Bertz CT molecular complexity index is 464. The smallest absolute Gasteiger partial charge is 0.169 e. The molecule has 0 bridgehead atoms. The molecule has 0 aromatic carbocycles. The van der Waals surface area contributed by atoms with Gasteiger partial charge in [-0.15, -0.1) is 11.3 Å². The summed E-state index contributed by atoms with van der Waals surface area (Å²) in [5.41, 5.74) is 1.66. The summed E-state index contributed by atoms with van der Waals surface area (Å²) in [5, 5.41) is 2.82. The van der Waals surface area contributed by atoms with Crippen molar-refractivity contribution < 1.29 is 4.79 Å². The van der Waals surface area contributed by atoms with Crippen LogP contribution in [-0.2, 0) is 6.42 Å². The highest BCUT2D eigenvalue weighted by atomic mass is 32.1. The molecule has 0 spiro atoms. The van der Waals surface area contributed by atoms with Gasteiger partial charge in [-0.3, -0.25) is 9.78 Å². The predicted octanol–water partition coefficient (Wildman–Crippen LogP) is 2.27. The summed E-state index contributed by atoms with van der Waals surface area (Å²) in [6.07, 6.45) is 3.63. The summed E-state index contributed by atoms with van der Waals surface area (Å²) in [6.45, 7) is 1.93. The van der Waals surface area contributed by atoms with Crippen molar-refractivity contribution in [1.29, 1.82) is 0 Å². The fourth-order valence-corrected chi connectivity index (χ4v) is 2.03. The average Bonchev–Trinajstić information content (AvgIpc) is 2.65. The average molecular weight is 218 g/mol. The van der Waals surface area contributed by atoms with Crippen LogP contribution in [0, 0.1) is 6.92 Å². The van der Waals surface area contributed by atoms with Crippen LogP contribution in [-0.4, -0.2) is 15.8 Å². The molecule has 0 aliphatic carbocycles. The normalized spacial score (nSPS) is 10.2. The summed E-state index contributed by atoms with van der Waals surface area (Å²) in [4.78, 5) is 19.9. The second kappa shape index (κ2) is 4.31. The van der Waals surface area contributed by atoms with Gasteiger partial charge in [0.2, 0.25) is 0 Å². The van der Waals surface area contributed by atoms with Crippen LogP contribution in [0.4, 0.5) is 0 Å². The minimum absolute atomic E-state index is 0.0896. The summed E-state index contributed by atoms with van der Waals surface area (Å²) in [5.74, 6) is 0.0896. The predicted molar refractivity (Wildman–Crippen MR) is 59.1 cm³/mol. The van der Waals surface area contributed by atoms with Crippen molar-refractivity contribution in [3.05, 3.63) is 46.2 Å². The van der Waals surface area contributed by atoms with Crippen LogP contribution in [0.15, 0.2) is 29.9 Å². The minimum atomic E-state index is 0.0896. The lowest BCUT2D eigenvalue weighted by Crippen LogP contribution is -2.03. The molecule has 2 aromatic rings. The second-order valence-electron chi connectivity index (χ2n) is 3.22. The molecule has 0 N–H and O–H groups in total. The Hall–Kier alpha value is -1.55. The van der Waals surface area contributed by atoms with Crippen LogP contribution in [0.2, 0.25) is 0 Å². The van der Waals surface area contributed by atoms with Crippen LogP contribution in [0.5, 0.6) is 0 Å². The lowest BCUT2D eigenvalue weighted by Gasteiger charge is -1.96. The van der Waals surface area contributed by atoms with Crippen molar-refractivity contribution in [3.63, 3.8) is 0 Å². The highest BCUT2D eigenvalue weighted by Crippen LogP contribution is 2.12. The molecule has 0 aliphatic heterocycles. The number of ketones is 1. The standard InChI is InChI=1S/C11H10N2OS/c1-8-7-15-11(13-8)6-10(14)9-2-4-12-5-3-9/h2-5,7H,6H2,1H3. The van der Waals surface area contributed by atoms with E-state index in [0.717, 1.165) is 10.7 Å². The van der Waals surface area contributed by atoms with Crippen molar-refractivity contribution in [2.24, 2.45) is 0 Å². The molecule has 0 saturated heterocycles. The quantitative estimate of drug-likeness (QED) is 0.742. The molecule has 2 aromatic heterocycles. The van der Waals surface area contributed by atoms with Gasteiger partial charge >= 0.3 is 0 Å². The number of hydrogen-bond donors (Lipinski definition) is 0. The van der Waals surface area contributed by atoms with Gasteiger partial charge in [0.25, 0.3) is 0 Å². The molecule has 76 valence electrons. The Labute approximate surface area is 91.8 Å². The first-order valence-corrected chi connectivity index (χ1v) is 5.48. The molecule has 0 atom stereocenters. The van der Waals surface area contributed by atoms with Gasteiger partial charge < -0.3 is 0 Å². The number of nitrogens with zero attached hydrogens (tertiary/aromatic N) is 2. The highest BCUT2D eigenvalue weighted by molar-refractivity contribution is 7.09. The van der Waals surface area contributed by atoms with Crippen LogP contribution in [0.3, 0.4) is 0 Å². The van der Waals surface area contributed by atoms with Crippen molar-refractivity contribution in [3.8, 4) is 0 Å². The summed E-state index contributed by atoms with van der Waals surface area (Å²) in [7, 11) is 0. The number of carbonyl (C=O) groups excluding carboxylic acids is 1. The lowest BCUT2D eigenvalue weighted by atomic mass is 10.1. The maximum absolute atomic E-state index is 11.8. The van der Waals surface area contributed by atoms with E-state index in [1.807, 2.05) is 12.3 Å². The van der Waals surface area contributed by atoms with E-state index >= 15 is 0 Å². The van der Waals surface area contributed by atoms with Gasteiger partial charge in [0.1, 0.15) is 5.01 Å². The van der Waals surface area contributed by atoms with E-state index in [0.29, 0.717) is 12.0 Å². The molecule has 2 heterocycles. The molecule has 4 heteroatoms. The molecule has 2 rings (SSSR count). The molecule has 0 amide bonds. The zero-order valence-electron chi connectivity index (χ0n) is 8.30. The van der Waals surface area contributed by atoms with E-state index < -0.39 is 0 Å². The van der Waals surface area contributed by atoms with Gasteiger partial charge in [-0.05, 0) is 19.1 Å². The Morgan fingerprint density at radius 3 is 2.73 bits per heavy atom. The summed E-state index contributed by atoms with van der Waals surface area (Å²) < 4.78 is 0. The van der Waals surface area contributed by atoms with Crippen molar-refractivity contribution >= 4 is 17.1 Å². The molecular formula is C11H10N2OS. The molecule has 0 radical (unpaired) electrons. The monoisotopic (exact) mass is 218 g/mol. The SMILES string of the molecule is Cc1csc(CC(=O)c2ccncc2)n1. The largest absolute Gasteiger partial charge is 0.294 e. The molecule has 0 unspecified atom stereocenters. The topological polar surface area (TPSA) is 42.9 Å². The number of Topliss-reactive ketones (excluding diaryl/α,β-unsaturated/α-hetero) is 1. The fraction of sp³-hybridized carbons (Fsp3) is 0.182. The molecular weight excluding hydrogens is 208 g/mol. The van der Waals surface area contributed by atoms with Gasteiger partial charge in [-0.1, -0.05) is 0 Å². The second-order valence-corrected chi connectivity index (χ2v) is 4.16. The third-order valence-corrected chi connectivity index (χ3v) is 2.95. The highest BCUT2D eigenvalue weighted by Gasteiger charge is 2.08. The maximum atomic E-state index is 11.8. The Morgan fingerprint density at radius 1 is 1.40 bits per heavy atom. The Morgan fingerprint density at radius 2 is 2.13 bits per heavy atom. The third-order valence-electron chi connectivity index (χ3n) is 1.98. The van der Waals surface area contributed by atoms with Crippen molar-refractivity contribution in [2.75, 3.05) is 0 Å². The zero-order chi connectivity index (χ0) is 10.7. The van der Waals surface area contributed by atoms with E-state index in [1.54, 1.807) is 24.5 Å². The summed E-state index contributed by atoms with van der Waals surface area (Å²) in [6, 6.07) is 3.45. The number of aromatic nitrogens is 2. The number of aryl methyl sites for hydroxylation is 1. The number of carbonyl (C=O) groups is 1. The van der Waals surface area contributed by atoms with E-state index in [9.17, 15) is 4.79 Å². The maximum Gasteiger partial charge on any atom is 0.169 e. The summed E-state index contributed by atoms with van der Waals surface area (Å²) >= 11 is 1.52. The number of hydrogen-bond acceptors (Lipinski definition) is 4. The van der Waals surface area contributed by atoms with Crippen LogP contribution in [0.25, 0.3) is 0 Å². The van der Waals surface area contributed by atoms with Gasteiger partial charge in [-0.25, -0.2) is 4.98 Å². The van der Waals surface area contributed by atoms with Crippen molar-refractivity contribution in [2.45, 2.75) is 13.3 Å². The van der Waals surface area contributed by atoms with Gasteiger partial charge in [0.15, 0.2) is 5.78 Å². The number of thiazole rings is 1. The molecule has 15 heavy (non-hydrogen) atoms. The van der Waals surface area contributed by atoms with E-state index in [2.05, 4.69) is 9.97 Å². The Balaban J connectivity index is 2.11. The van der Waals surface area contributed by atoms with E-state index in [4.69, 9.17) is 0 Å². The number of rotatable bonds is 3. The van der Waals surface area contributed by atoms with E-state index in [-0.39, 0.29) is 5.78 Å². The van der Waals surface area contributed by atoms with Crippen LogP contribution < -0.4 is 0 Å². The fourth-order valence-electron chi connectivity index (χ4n) is 1.26. The molecule has 0 aliphatic rings. The zero-order valence-corrected chi connectivity index (χ0v) is 9.12. The van der Waals surface area contributed by atoms with Gasteiger partial charge in [-0.2, -0.15) is 0 Å². The van der Waals surface area contributed by atoms with Crippen LogP contribution >= 0.6 is 11.3 Å². The van der Waals surface area contributed by atoms with Crippen molar-refractivity contribution in [1.82, 2.24) is 9.97 Å². The van der Waals surface area contributed by atoms with Gasteiger partial charge in [0, 0.05) is 29.0 Å². The van der Waals surface area contributed by atoms with Gasteiger partial charge in [0.05, 0.1) is 6.42 Å². The first kappa shape index (κ1) is 9.98. The number of pyridine rings is 1. The first-order valence-electron chi connectivity index (χ1n) is 4.60. The molecule has 3 nitrogen and oxygen atoms in total.